The molecule has 0 aliphatic heterocycles. The number of nitrogens with one attached hydrogen (secondary N) is 1. The maximum absolute atomic E-state index is 11.9. The van der Waals surface area contributed by atoms with E-state index in [1.54, 1.807) is 0 Å². The van der Waals surface area contributed by atoms with Crippen LogP contribution in [0.2, 0.25) is 0 Å². The summed E-state index contributed by atoms with van der Waals surface area (Å²) in [7, 11) is 0. The van der Waals surface area contributed by atoms with Crippen LogP contribution in [0.3, 0.4) is 0 Å². The van der Waals surface area contributed by atoms with Crippen LogP contribution < -0.4 is 10.1 Å². The Morgan fingerprint density at radius 2 is 1.85 bits per heavy atom. The molecule has 20 heavy (non-hydrogen) atoms. The molecular formula is C16H16BrNO2. The lowest BCUT2D eigenvalue weighted by molar-refractivity contribution is -0.118. The second-order valence-electron chi connectivity index (χ2n) is 4.54. The summed E-state index contributed by atoms with van der Waals surface area (Å²) in [5.74, 6) is 0.505. The largest absolute Gasteiger partial charge is 0.484 e. The molecule has 0 bridgehead atoms. The van der Waals surface area contributed by atoms with E-state index in [-0.39, 0.29) is 12.5 Å². The van der Waals surface area contributed by atoms with E-state index in [1.807, 2.05) is 56.3 Å². The van der Waals surface area contributed by atoms with E-state index in [4.69, 9.17) is 4.74 Å². The summed E-state index contributed by atoms with van der Waals surface area (Å²) in [5.41, 5.74) is 3.05. The van der Waals surface area contributed by atoms with Gasteiger partial charge in [-0.1, -0.05) is 28.1 Å². The molecule has 0 aliphatic carbocycles. The van der Waals surface area contributed by atoms with Crippen molar-refractivity contribution in [2.24, 2.45) is 0 Å². The van der Waals surface area contributed by atoms with Crippen molar-refractivity contribution < 1.29 is 9.53 Å². The average Bonchev–Trinajstić information content (AvgIpc) is 2.43. The SMILES string of the molecule is Cc1cccc(NC(=O)COc2ccc(Br)cc2)c1C. The number of benzene rings is 2. The van der Waals surface area contributed by atoms with E-state index >= 15 is 0 Å². The number of carbonyl (C=O) groups excluding carboxylic acids is 1. The van der Waals surface area contributed by atoms with Gasteiger partial charge in [-0.15, -0.1) is 0 Å². The quantitative estimate of drug-likeness (QED) is 0.915. The number of aryl methyl sites for hydroxylation is 1. The summed E-state index contributed by atoms with van der Waals surface area (Å²) in [5, 5.41) is 2.86. The zero-order valence-corrected chi connectivity index (χ0v) is 13.0. The summed E-state index contributed by atoms with van der Waals surface area (Å²) in [6, 6.07) is 13.2. The van der Waals surface area contributed by atoms with Crippen molar-refractivity contribution in [3.05, 3.63) is 58.1 Å². The monoisotopic (exact) mass is 333 g/mol. The normalized spacial score (nSPS) is 10.2. The van der Waals surface area contributed by atoms with E-state index in [1.165, 1.54) is 0 Å². The van der Waals surface area contributed by atoms with Gasteiger partial charge in [-0.3, -0.25) is 4.79 Å². The molecule has 0 heterocycles. The third-order valence-electron chi connectivity index (χ3n) is 3.06. The van der Waals surface area contributed by atoms with Crippen molar-refractivity contribution in [1.82, 2.24) is 0 Å². The molecule has 1 amide bonds. The van der Waals surface area contributed by atoms with Gasteiger partial charge >= 0.3 is 0 Å². The van der Waals surface area contributed by atoms with Gasteiger partial charge in [-0.05, 0) is 55.3 Å². The summed E-state index contributed by atoms with van der Waals surface area (Å²) in [4.78, 5) is 11.9. The highest BCUT2D eigenvalue weighted by Crippen LogP contribution is 2.18. The number of hydrogen-bond acceptors (Lipinski definition) is 2. The Kier molecular flexibility index (Phi) is 4.79. The van der Waals surface area contributed by atoms with Crippen molar-refractivity contribution in [3.8, 4) is 5.75 Å². The van der Waals surface area contributed by atoms with Crippen LogP contribution in [0.5, 0.6) is 5.75 Å². The first-order valence-corrected chi connectivity index (χ1v) is 7.10. The van der Waals surface area contributed by atoms with E-state index in [9.17, 15) is 4.79 Å². The van der Waals surface area contributed by atoms with Gasteiger partial charge in [0.05, 0.1) is 0 Å². The van der Waals surface area contributed by atoms with Crippen molar-refractivity contribution in [3.63, 3.8) is 0 Å². The van der Waals surface area contributed by atoms with Crippen LogP contribution >= 0.6 is 15.9 Å². The van der Waals surface area contributed by atoms with Crippen LogP contribution in [-0.2, 0) is 4.79 Å². The second-order valence-corrected chi connectivity index (χ2v) is 5.45. The van der Waals surface area contributed by atoms with Gasteiger partial charge in [-0.25, -0.2) is 0 Å². The molecule has 0 aliphatic rings. The van der Waals surface area contributed by atoms with Crippen LogP contribution in [0.25, 0.3) is 0 Å². The predicted octanol–water partition coefficient (Wildman–Crippen LogP) is 4.08. The Bertz CT molecular complexity index is 608. The van der Waals surface area contributed by atoms with Crippen LogP contribution in [0, 0.1) is 13.8 Å². The first-order chi connectivity index (χ1) is 9.56. The maximum Gasteiger partial charge on any atom is 0.262 e. The first kappa shape index (κ1) is 14.6. The number of ether oxygens (including phenoxy) is 1. The van der Waals surface area contributed by atoms with E-state index in [2.05, 4.69) is 21.2 Å². The zero-order chi connectivity index (χ0) is 14.5. The average molecular weight is 334 g/mol. The minimum atomic E-state index is -0.165. The lowest BCUT2D eigenvalue weighted by Gasteiger charge is -2.11. The molecule has 2 aromatic rings. The minimum absolute atomic E-state index is 0.00495. The maximum atomic E-state index is 11.9. The molecule has 0 unspecified atom stereocenters. The predicted molar refractivity (Wildman–Crippen MR) is 84.2 cm³/mol. The van der Waals surface area contributed by atoms with Gasteiger partial charge in [0.2, 0.25) is 0 Å². The molecule has 0 aromatic heterocycles. The Hall–Kier alpha value is -1.81. The van der Waals surface area contributed by atoms with Gasteiger partial charge in [0.15, 0.2) is 6.61 Å². The number of halogens is 1. The lowest BCUT2D eigenvalue weighted by Crippen LogP contribution is -2.20. The summed E-state index contributed by atoms with van der Waals surface area (Å²) in [6.45, 7) is 4.00. The number of rotatable bonds is 4. The molecule has 0 atom stereocenters. The van der Waals surface area contributed by atoms with Crippen LogP contribution in [-0.4, -0.2) is 12.5 Å². The fourth-order valence-corrected chi connectivity index (χ4v) is 2.02. The van der Waals surface area contributed by atoms with Crippen LogP contribution in [0.15, 0.2) is 46.9 Å². The molecule has 0 fully saturated rings. The highest BCUT2D eigenvalue weighted by Gasteiger charge is 2.06. The molecular weight excluding hydrogens is 318 g/mol. The Labute approximate surface area is 127 Å². The summed E-state index contributed by atoms with van der Waals surface area (Å²) in [6.07, 6.45) is 0. The molecule has 1 N–H and O–H groups in total. The van der Waals surface area contributed by atoms with Crippen molar-refractivity contribution in [1.29, 1.82) is 0 Å². The zero-order valence-electron chi connectivity index (χ0n) is 11.4. The molecule has 0 radical (unpaired) electrons. The third kappa shape index (κ3) is 3.84. The topological polar surface area (TPSA) is 38.3 Å². The Morgan fingerprint density at radius 1 is 1.15 bits per heavy atom. The number of hydrogen-bond donors (Lipinski definition) is 1. The van der Waals surface area contributed by atoms with Gasteiger partial charge in [0.1, 0.15) is 5.75 Å². The molecule has 2 rings (SSSR count). The highest BCUT2D eigenvalue weighted by molar-refractivity contribution is 9.10. The minimum Gasteiger partial charge on any atom is -0.484 e. The second kappa shape index (κ2) is 6.57. The van der Waals surface area contributed by atoms with Gasteiger partial charge in [0, 0.05) is 10.2 Å². The summed E-state index contributed by atoms with van der Waals surface area (Å²) >= 11 is 3.35. The number of amides is 1. The molecule has 0 saturated carbocycles. The molecule has 0 saturated heterocycles. The fraction of sp³-hybridized carbons (Fsp3) is 0.188. The van der Waals surface area contributed by atoms with Crippen molar-refractivity contribution in [2.45, 2.75) is 13.8 Å². The van der Waals surface area contributed by atoms with Crippen LogP contribution in [0.1, 0.15) is 11.1 Å². The van der Waals surface area contributed by atoms with Gasteiger partial charge < -0.3 is 10.1 Å². The lowest BCUT2D eigenvalue weighted by atomic mass is 10.1. The standard InChI is InChI=1S/C16H16BrNO2/c1-11-4-3-5-15(12(11)2)18-16(19)10-20-14-8-6-13(17)7-9-14/h3-9H,10H2,1-2H3,(H,18,19). The van der Waals surface area contributed by atoms with E-state index < -0.39 is 0 Å². The van der Waals surface area contributed by atoms with E-state index in [0.717, 1.165) is 21.3 Å². The summed E-state index contributed by atoms with van der Waals surface area (Å²) < 4.78 is 6.41. The van der Waals surface area contributed by atoms with Crippen molar-refractivity contribution >= 4 is 27.5 Å². The molecule has 104 valence electrons. The number of anilines is 1. The molecule has 2 aromatic carbocycles. The van der Waals surface area contributed by atoms with Gasteiger partial charge in [0.25, 0.3) is 5.91 Å². The van der Waals surface area contributed by atoms with Crippen molar-refractivity contribution in [2.75, 3.05) is 11.9 Å². The third-order valence-corrected chi connectivity index (χ3v) is 3.59. The Morgan fingerprint density at radius 3 is 2.55 bits per heavy atom. The highest BCUT2D eigenvalue weighted by atomic mass is 79.9. The fourth-order valence-electron chi connectivity index (χ4n) is 1.75. The molecule has 0 spiro atoms. The molecule has 3 nitrogen and oxygen atoms in total. The number of carbonyl (C=O) groups is 1. The van der Waals surface area contributed by atoms with E-state index in [0.29, 0.717) is 5.75 Å². The molecule has 4 heteroatoms. The van der Waals surface area contributed by atoms with Crippen LogP contribution in [0.4, 0.5) is 5.69 Å². The van der Waals surface area contributed by atoms with Gasteiger partial charge in [-0.2, -0.15) is 0 Å². The smallest absolute Gasteiger partial charge is 0.262 e. The Balaban J connectivity index is 1.92. The first-order valence-electron chi connectivity index (χ1n) is 6.30.